The molecule has 0 radical (unpaired) electrons. The zero-order valence-electron chi connectivity index (χ0n) is 12.5. The monoisotopic (exact) mass is 301 g/mol. The van der Waals surface area contributed by atoms with Crippen LogP contribution >= 0.6 is 11.3 Å². The summed E-state index contributed by atoms with van der Waals surface area (Å²) >= 11 is 1.60. The minimum absolute atomic E-state index is 0.271. The van der Waals surface area contributed by atoms with Crippen molar-refractivity contribution in [3.63, 3.8) is 0 Å². The molecule has 110 valence electrons. The number of furan rings is 1. The fraction of sp³-hybridized carbons (Fsp3) is 0.375. The zero-order valence-corrected chi connectivity index (χ0v) is 13.3. The summed E-state index contributed by atoms with van der Waals surface area (Å²) in [5, 5.41) is 15.0. The van der Waals surface area contributed by atoms with Crippen LogP contribution in [0, 0.1) is 6.92 Å². The lowest BCUT2D eigenvalue weighted by Crippen LogP contribution is -2.19. The maximum atomic E-state index is 5.88. The highest BCUT2D eigenvalue weighted by atomic mass is 32.1. The fourth-order valence-corrected chi connectivity index (χ4v) is 3.35. The molecule has 0 aliphatic rings. The van der Waals surface area contributed by atoms with E-state index in [4.69, 9.17) is 4.42 Å². The van der Waals surface area contributed by atoms with Crippen LogP contribution in [-0.4, -0.2) is 16.7 Å². The summed E-state index contributed by atoms with van der Waals surface area (Å²) in [4.78, 5) is 0. The average Bonchev–Trinajstić information content (AvgIpc) is 3.10. The Kier molecular flexibility index (Phi) is 4.03. The number of nitrogens with one attached hydrogen (secondary N) is 1. The van der Waals surface area contributed by atoms with E-state index in [1.54, 1.807) is 11.3 Å². The zero-order chi connectivity index (χ0) is 14.8. The van der Waals surface area contributed by atoms with Crippen molar-refractivity contribution in [2.45, 2.75) is 33.2 Å². The predicted octanol–water partition coefficient (Wildman–Crippen LogP) is 4.32. The van der Waals surface area contributed by atoms with Gasteiger partial charge in [-0.2, -0.15) is 0 Å². The number of aryl methyl sites for hydroxylation is 1. The molecule has 1 aromatic carbocycles. The Morgan fingerprint density at radius 3 is 2.86 bits per heavy atom. The van der Waals surface area contributed by atoms with E-state index < -0.39 is 0 Å². The molecule has 1 unspecified atom stereocenters. The topological polar surface area (TPSA) is 51.0 Å². The molecule has 0 fully saturated rings. The summed E-state index contributed by atoms with van der Waals surface area (Å²) in [6.45, 7) is 7.26. The molecule has 21 heavy (non-hydrogen) atoms. The first-order valence-electron chi connectivity index (χ1n) is 7.28. The van der Waals surface area contributed by atoms with Crippen molar-refractivity contribution in [2.24, 2.45) is 0 Å². The largest absolute Gasteiger partial charge is 0.453 e. The van der Waals surface area contributed by atoms with Crippen molar-refractivity contribution >= 4 is 22.3 Å². The molecule has 1 N–H and O–H groups in total. The van der Waals surface area contributed by atoms with Gasteiger partial charge < -0.3 is 9.73 Å². The number of aromatic nitrogens is 2. The molecule has 1 atom stereocenters. The van der Waals surface area contributed by atoms with Crippen molar-refractivity contribution in [1.29, 1.82) is 0 Å². The van der Waals surface area contributed by atoms with Crippen molar-refractivity contribution in [3.8, 4) is 10.8 Å². The molecule has 2 heterocycles. The third kappa shape index (κ3) is 2.84. The minimum atomic E-state index is 0.271. The molecule has 0 spiro atoms. The summed E-state index contributed by atoms with van der Waals surface area (Å²) < 4.78 is 5.88. The third-order valence-electron chi connectivity index (χ3n) is 3.48. The van der Waals surface area contributed by atoms with E-state index in [-0.39, 0.29) is 6.04 Å². The maximum absolute atomic E-state index is 5.88. The summed E-state index contributed by atoms with van der Waals surface area (Å²) in [6.07, 6.45) is 1.00. The van der Waals surface area contributed by atoms with Crippen LogP contribution in [0.1, 0.15) is 36.9 Å². The van der Waals surface area contributed by atoms with E-state index in [1.807, 2.05) is 12.1 Å². The molecule has 0 aliphatic carbocycles. The number of hydrogen-bond acceptors (Lipinski definition) is 5. The lowest BCUT2D eigenvalue weighted by molar-refractivity contribution is 0.531. The van der Waals surface area contributed by atoms with E-state index in [1.165, 1.54) is 5.56 Å². The molecule has 5 heteroatoms. The smallest absolute Gasteiger partial charge is 0.183 e. The van der Waals surface area contributed by atoms with Gasteiger partial charge in [0.2, 0.25) is 0 Å². The Labute approximate surface area is 128 Å². The maximum Gasteiger partial charge on any atom is 0.183 e. The second-order valence-electron chi connectivity index (χ2n) is 5.12. The first-order chi connectivity index (χ1) is 10.2. The standard InChI is InChI=1S/C16H19N3OS/c1-4-12(17-5-2)15-18-19-16(21-15)14-9-11-8-10(3)6-7-13(11)20-14/h6-9,12,17H,4-5H2,1-3H3. The molecule has 3 rings (SSSR count). The summed E-state index contributed by atoms with van der Waals surface area (Å²) in [7, 11) is 0. The van der Waals surface area contributed by atoms with Crippen molar-refractivity contribution in [2.75, 3.05) is 6.54 Å². The highest BCUT2D eigenvalue weighted by molar-refractivity contribution is 7.14. The number of fused-ring (bicyclic) bond motifs is 1. The van der Waals surface area contributed by atoms with Crippen molar-refractivity contribution < 1.29 is 4.42 Å². The van der Waals surface area contributed by atoms with Crippen molar-refractivity contribution in [1.82, 2.24) is 15.5 Å². The van der Waals surface area contributed by atoms with Crippen LogP contribution in [0.3, 0.4) is 0 Å². The number of rotatable bonds is 5. The SMILES string of the molecule is CCNC(CC)c1nnc(-c2cc3cc(C)ccc3o2)s1. The average molecular weight is 301 g/mol. The fourth-order valence-electron chi connectivity index (χ4n) is 2.40. The number of hydrogen-bond donors (Lipinski definition) is 1. The normalized spacial score (nSPS) is 12.9. The Morgan fingerprint density at radius 1 is 1.24 bits per heavy atom. The van der Waals surface area contributed by atoms with Gasteiger partial charge in [-0.1, -0.05) is 36.8 Å². The Morgan fingerprint density at radius 2 is 2.10 bits per heavy atom. The Hall–Kier alpha value is -1.72. The van der Waals surface area contributed by atoms with Gasteiger partial charge >= 0.3 is 0 Å². The van der Waals surface area contributed by atoms with Gasteiger partial charge in [-0.25, -0.2) is 0 Å². The number of nitrogens with zero attached hydrogens (tertiary/aromatic N) is 2. The molecule has 0 amide bonds. The molecule has 3 aromatic rings. The molecule has 0 bridgehead atoms. The molecular weight excluding hydrogens is 282 g/mol. The van der Waals surface area contributed by atoms with E-state index in [0.717, 1.165) is 39.7 Å². The van der Waals surface area contributed by atoms with Crippen LogP contribution in [0.25, 0.3) is 21.7 Å². The molecular formula is C16H19N3OS. The minimum Gasteiger partial charge on any atom is -0.453 e. The molecule has 4 nitrogen and oxygen atoms in total. The highest BCUT2D eigenvalue weighted by Gasteiger charge is 2.17. The number of benzene rings is 1. The first kappa shape index (κ1) is 14.2. The first-order valence-corrected chi connectivity index (χ1v) is 8.10. The Balaban J connectivity index is 1.93. The third-order valence-corrected chi connectivity index (χ3v) is 4.53. The second-order valence-corrected chi connectivity index (χ2v) is 6.12. The van der Waals surface area contributed by atoms with E-state index >= 15 is 0 Å². The van der Waals surface area contributed by atoms with Crippen LogP contribution < -0.4 is 5.32 Å². The lowest BCUT2D eigenvalue weighted by atomic mass is 10.2. The van der Waals surface area contributed by atoms with E-state index in [2.05, 4.69) is 48.4 Å². The summed E-state index contributed by atoms with van der Waals surface area (Å²) in [6, 6.07) is 8.50. The van der Waals surface area contributed by atoms with Crippen LogP contribution in [0.5, 0.6) is 0 Å². The Bertz CT molecular complexity index is 747. The van der Waals surface area contributed by atoms with Crippen LogP contribution in [0.15, 0.2) is 28.7 Å². The van der Waals surface area contributed by atoms with Crippen LogP contribution in [0.4, 0.5) is 0 Å². The van der Waals surface area contributed by atoms with Gasteiger partial charge in [-0.05, 0) is 38.1 Å². The van der Waals surface area contributed by atoms with Gasteiger partial charge in [-0.3, -0.25) is 0 Å². The summed E-state index contributed by atoms with van der Waals surface area (Å²) in [5.74, 6) is 0.797. The van der Waals surface area contributed by atoms with Gasteiger partial charge in [0.1, 0.15) is 10.6 Å². The molecule has 0 aliphatic heterocycles. The van der Waals surface area contributed by atoms with Crippen molar-refractivity contribution in [3.05, 3.63) is 34.8 Å². The van der Waals surface area contributed by atoms with Gasteiger partial charge in [0, 0.05) is 5.39 Å². The van der Waals surface area contributed by atoms with Gasteiger partial charge in [0.05, 0.1) is 6.04 Å². The van der Waals surface area contributed by atoms with Crippen LogP contribution in [0.2, 0.25) is 0 Å². The van der Waals surface area contributed by atoms with E-state index in [0.29, 0.717) is 0 Å². The van der Waals surface area contributed by atoms with Gasteiger partial charge in [-0.15, -0.1) is 10.2 Å². The predicted molar refractivity (Wildman–Crippen MR) is 86.6 cm³/mol. The quantitative estimate of drug-likeness (QED) is 0.762. The highest BCUT2D eigenvalue weighted by Crippen LogP contribution is 2.32. The molecule has 0 saturated heterocycles. The second kappa shape index (κ2) is 5.95. The van der Waals surface area contributed by atoms with E-state index in [9.17, 15) is 0 Å². The van der Waals surface area contributed by atoms with Crippen LogP contribution in [-0.2, 0) is 0 Å². The lowest BCUT2D eigenvalue weighted by Gasteiger charge is -2.10. The molecule has 0 saturated carbocycles. The van der Waals surface area contributed by atoms with Gasteiger partial charge in [0.25, 0.3) is 0 Å². The summed E-state index contributed by atoms with van der Waals surface area (Å²) in [5.41, 5.74) is 2.12. The van der Waals surface area contributed by atoms with Gasteiger partial charge in [0.15, 0.2) is 10.8 Å². The molecule has 2 aromatic heterocycles.